The summed E-state index contributed by atoms with van der Waals surface area (Å²) in [6.45, 7) is 2.07. The molecule has 5 rings (SSSR count). The Balaban J connectivity index is 1.42. The average molecular weight is 496 g/mol. The van der Waals surface area contributed by atoms with E-state index in [1.54, 1.807) is 43.3 Å². The minimum atomic E-state index is -0.911. The highest BCUT2D eigenvalue weighted by Crippen LogP contribution is 2.32. The molecule has 1 aromatic heterocycles. The summed E-state index contributed by atoms with van der Waals surface area (Å²) in [5.74, 6) is -0.715. The van der Waals surface area contributed by atoms with Gasteiger partial charge in [-0.15, -0.1) is 0 Å². The van der Waals surface area contributed by atoms with E-state index in [0.29, 0.717) is 23.1 Å². The van der Waals surface area contributed by atoms with Gasteiger partial charge < -0.3 is 14.8 Å². The van der Waals surface area contributed by atoms with E-state index in [-0.39, 0.29) is 35.5 Å². The van der Waals surface area contributed by atoms with Crippen molar-refractivity contribution >= 4 is 28.6 Å². The Morgan fingerprint density at radius 3 is 2.74 bits per heavy atom. The number of carbonyl (C=O) groups is 1. The fourth-order valence-corrected chi connectivity index (χ4v) is 4.61. The third kappa shape index (κ3) is 4.57. The summed E-state index contributed by atoms with van der Waals surface area (Å²) < 4.78 is 39.9. The summed E-state index contributed by atoms with van der Waals surface area (Å²) in [5, 5.41) is 2.56. The lowest BCUT2D eigenvalue weighted by Crippen LogP contribution is -2.31. The van der Waals surface area contributed by atoms with Gasteiger partial charge in [0.1, 0.15) is 11.6 Å². The molecule has 0 aliphatic carbocycles. The molecule has 1 aliphatic rings. The minimum Gasteiger partial charge on any atom is -0.454 e. The molecule has 0 spiro atoms. The number of nitrogens with zero attached hydrogens (tertiary/aromatic N) is 2. The van der Waals surface area contributed by atoms with E-state index in [1.165, 1.54) is 6.07 Å². The molecule has 0 fully saturated rings. The van der Waals surface area contributed by atoms with Crippen LogP contribution in [0.2, 0.25) is 0 Å². The smallest absolute Gasteiger partial charge is 0.266 e. The maximum Gasteiger partial charge on any atom is 0.266 e. The number of hydrogen-bond donors (Lipinski definition) is 1. The molecule has 2 heterocycles. The molecule has 1 aliphatic heterocycles. The van der Waals surface area contributed by atoms with Crippen LogP contribution in [0.15, 0.2) is 70.6 Å². The van der Waals surface area contributed by atoms with Crippen LogP contribution in [0, 0.1) is 11.6 Å². The number of aromatic nitrogens is 2. The van der Waals surface area contributed by atoms with Crippen molar-refractivity contribution in [1.29, 1.82) is 0 Å². The molecule has 0 saturated heterocycles. The Morgan fingerprint density at radius 2 is 1.91 bits per heavy atom. The predicted molar refractivity (Wildman–Crippen MR) is 127 cm³/mol. The number of rotatable bonds is 6. The van der Waals surface area contributed by atoms with Crippen LogP contribution in [0.5, 0.6) is 11.5 Å². The van der Waals surface area contributed by atoms with Crippen LogP contribution >= 0.6 is 11.8 Å². The Hall–Kier alpha value is -3.92. The number of halogens is 2. The lowest BCUT2D eigenvalue weighted by Gasteiger charge is -2.17. The van der Waals surface area contributed by atoms with Crippen LogP contribution < -0.4 is 20.3 Å². The summed E-state index contributed by atoms with van der Waals surface area (Å²) in [6, 6.07) is 15.0. The van der Waals surface area contributed by atoms with Gasteiger partial charge in [-0.2, -0.15) is 0 Å². The Kier molecular flexibility index (Phi) is 6.12. The maximum atomic E-state index is 14.7. The molecule has 0 radical (unpaired) electrons. The first-order chi connectivity index (χ1) is 16.9. The van der Waals surface area contributed by atoms with Crippen LogP contribution in [0.4, 0.5) is 8.78 Å². The molecule has 1 atom stereocenters. The second kappa shape index (κ2) is 9.38. The van der Waals surface area contributed by atoms with E-state index < -0.39 is 22.4 Å². The molecule has 0 saturated carbocycles. The van der Waals surface area contributed by atoms with Gasteiger partial charge in [0.2, 0.25) is 12.7 Å². The van der Waals surface area contributed by atoms with Gasteiger partial charge >= 0.3 is 0 Å². The number of nitrogens with one attached hydrogen (secondary N) is 1. The number of ether oxygens (including phenoxy) is 2. The lowest BCUT2D eigenvalue weighted by atomic mass is 10.2. The molecular formula is C25H19F2N3O4S. The first kappa shape index (κ1) is 22.9. The number of amides is 1. The van der Waals surface area contributed by atoms with Gasteiger partial charge in [-0.05, 0) is 48.9 Å². The van der Waals surface area contributed by atoms with E-state index in [9.17, 15) is 18.4 Å². The Morgan fingerprint density at radius 1 is 1.11 bits per heavy atom. The maximum absolute atomic E-state index is 14.7. The zero-order valence-corrected chi connectivity index (χ0v) is 19.3. The van der Waals surface area contributed by atoms with E-state index in [2.05, 4.69) is 10.3 Å². The molecule has 35 heavy (non-hydrogen) atoms. The number of carbonyl (C=O) groups excluding carboxylic acids is 1. The minimum absolute atomic E-state index is 0.116. The summed E-state index contributed by atoms with van der Waals surface area (Å²) in [7, 11) is 0. The second-order valence-corrected chi connectivity index (χ2v) is 9.12. The molecule has 4 aromatic rings. The van der Waals surface area contributed by atoms with E-state index in [1.807, 2.05) is 6.07 Å². The van der Waals surface area contributed by atoms with Crippen molar-refractivity contribution in [3.63, 3.8) is 0 Å². The second-order valence-electron chi connectivity index (χ2n) is 7.81. The molecule has 1 N–H and O–H groups in total. The first-order valence-corrected chi connectivity index (χ1v) is 11.6. The zero-order valence-electron chi connectivity index (χ0n) is 18.5. The Labute approximate surface area is 202 Å². The third-order valence-corrected chi connectivity index (χ3v) is 6.50. The van der Waals surface area contributed by atoms with Crippen LogP contribution in [-0.4, -0.2) is 27.5 Å². The number of benzene rings is 3. The van der Waals surface area contributed by atoms with Crippen LogP contribution in [0.25, 0.3) is 16.6 Å². The van der Waals surface area contributed by atoms with E-state index in [4.69, 9.17) is 9.47 Å². The predicted octanol–water partition coefficient (Wildman–Crippen LogP) is 4.19. The van der Waals surface area contributed by atoms with Gasteiger partial charge in [0.25, 0.3) is 5.56 Å². The molecule has 3 aromatic carbocycles. The normalized spacial score (nSPS) is 13.1. The summed E-state index contributed by atoms with van der Waals surface area (Å²) in [5.41, 5.74) is 0.572. The van der Waals surface area contributed by atoms with Gasteiger partial charge in [0.05, 0.1) is 21.8 Å². The van der Waals surface area contributed by atoms with Crippen LogP contribution in [0.1, 0.15) is 12.5 Å². The van der Waals surface area contributed by atoms with Crippen LogP contribution in [0.3, 0.4) is 0 Å². The highest BCUT2D eigenvalue weighted by atomic mass is 32.2. The van der Waals surface area contributed by atoms with Crippen molar-refractivity contribution in [2.45, 2.75) is 23.9 Å². The number of para-hydroxylation sites is 1. The largest absolute Gasteiger partial charge is 0.454 e. The molecule has 10 heteroatoms. The summed E-state index contributed by atoms with van der Waals surface area (Å²) >= 11 is 1.00. The molecular weight excluding hydrogens is 476 g/mol. The standard InChI is InChI=1S/C25H19F2N3O4S/c1-14(23(31)28-12-15-6-9-21-22(10-15)34-13-33-21)35-25-29-19-5-3-2-4-17(19)24(32)30(25)20-8-7-16(26)11-18(20)27/h2-11,14H,12-13H2,1H3,(H,28,31). The quantitative estimate of drug-likeness (QED) is 0.319. The van der Waals surface area contributed by atoms with Crippen molar-refractivity contribution in [1.82, 2.24) is 14.9 Å². The highest BCUT2D eigenvalue weighted by molar-refractivity contribution is 8.00. The third-order valence-electron chi connectivity index (χ3n) is 5.45. The van der Waals surface area contributed by atoms with Crippen molar-refractivity contribution in [3.05, 3.63) is 88.2 Å². The fourth-order valence-electron chi connectivity index (χ4n) is 3.66. The van der Waals surface area contributed by atoms with Gasteiger partial charge in [0.15, 0.2) is 16.7 Å². The zero-order chi connectivity index (χ0) is 24.5. The van der Waals surface area contributed by atoms with Crippen molar-refractivity contribution < 1.29 is 23.0 Å². The van der Waals surface area contributed by atoms with Gasteiger partial charge in [0, 0.05) is 12.6 Å². The number of hydrogen-bond acceptors (Lipinski definition) is 6. The van der Waals surface area contributed by atoms with Crippen LogP contribution in [-0.2, 0) is 11.3 Å². The highest BCUT2D eigenvalue weighted by Gasteiger charge is 2.22. The SMILES string of the molecule is CC(Sc1nc2ccccc2c(=O)n1-c1ccc(F)cc1F)C(=O)NCc1ccc2c(c1)OCO2. The molecule has 1 amide bonds. The van der Waals surface area contributed by atoms with E-state index in [0.717, 1.165) is 28.0 Å². The topological polar surface area (TPSA) is 82.5 Å². The number of thioether (sulfide) groups is 1. The van der Waals surface area contributed by atoms with Gasteiger partial charge in [-0.3, -0.25) is 14.2 Å². The van der Waals surface area contributed by atoms with Gasteiger partial charge in [-0.1, -0.05) is 30.0 Å². The molecule has 178 valence electrons. The van der Waals surface area contributed by atoms with Crippen molar-refractivity contribution in [3.8, 4) is 17.2 Å². The molecule has 1 unspecified atom stereocenters. The fraction of sp³-hybridized carbons (Fsp3) is 0.160. The first-order valence-electron chi connectivity index (χ1n) is 10.7. The Bertz CT molecular complexity index is 1510. The van der Waals surface area contributed by atoms with Gasteiger partial charge in [-0.25, -0.2) is 13.8 Å². The van der Waals surface area contributed by atoms with E-state index >= 15 is 0 Å². The van der Waals surface area contributed by atoms with Crippen molar-refractivity contribution in [2.75, 3.05) is 6.79 Å². The monoisotopic (exact) mass is 495 g/mol. The number of fused-ring (bicyclic) bond motifs is 2. The van der Waals surface area contributed by atoms with Crippen molar-refractivity contribution in [2.24, 2.45) is 0 Å². The molecule has 7 nitrogen and oxygen atoms in total. The average Bonchev–Trinajstić information content (AvgIpc) is 3.31. The summed E-state index contributed by atoms with van der Waals surface area (Å²) in [4.78, 5) is 30.6. The lowest BCUT2D eigenvalue weighted by molar-refractivity contribution is -0.120. The molecule has 0 bridgehead atoms. The summed E-state index contributed by atoms with van der Waals surface area (Å²) in [6.07, 6.45) is 0.